The average Bonchev–Trinajstić information content (AvgIpc) is 3.69. The number of amides is 1. The van der Waals surface area contributed by atoms with Crippen LogP contribution in [0.2, 0.25) is 0 Å². The molecule has 0 radical (unpaired) electrons. The van der Waals surface area contributed by atoms with Gasteiger partial charge in [0.1, 0.15) is 30.1 Å². The summed E-state index contributed by atoms with van der Waals surface area (Å²) in [5.74, 6) is -6.57. The van der Waals surface area contributed by atoms with Crippen LogP contribution in [-0.2, 0) is 40.1 Å². The molecule has 2 aromatic heterocycles. The van der Waals surface area contributed by atoms with Crippen LogP contribution in [0.1, 0.15) is 37.3 Å². The number of anilines is 2. The van der Waals surface area contributed by atoms with E-state index in [1.165, 1.54) is 12.8 Å². The summed E-state index contributed by atoms with van der Waals surface area (Å²) in [6.45, 7) is 4.79. The van der Waals surface area contributed by atoms with Gasteiger partial charge in [0.15, 0.2) is 0 Å². The van der Waals surface area contributed by atoms with Crippen molar-refractivity contribution in [2.75, 3.05) is 51.4 Å². The molecule has 4 aromatic rings. The van der Waals surface area contributed by atoms with Crippen molar-refractivity contribution in [1.29, 1.82) is 0 Å². The van der Waals surface area contributed by atoms with E-state index in [1.807, 2.05) is 48.5 Å². The van der Waals surface area contributed by atoms with E-state index in [0.29, 0.717) is 65.8 Å². The van der Waals surface area contributed by atoms with Crippen molar-refractivity contribution in [1.82, 2.24) is 24.3 Å². The first-order chi connectivity index (χ1) is 31.4. The van der Waals surface area contributed by atoms with Crippen molar-refractivity contribution in [3.8, 4) is 16.9 Å². The first-order valence-electron chi connectivity index (χ1n) is 20.0. The summed E-state index contributed by atoms with van der Waals surface area (Å²) in [5, 5.41) is 50.5. The molecule has 1 aliphatic heterocycles. The molecule has 1 saturated heterocycles. The fraction of sp³-hybridized carbons (Fsp3) is 0.295. The predicted molar refractivity (Wildman–Crippen MR) is 238 cm³/mol. The number of carboxylic acids is 6. The highest BCUT2D eigenvalue weighted by atomic mass is 16.5. The highest BCUT2D eigenvalue weighted by Gasteiger charge is 2.30. The molecule has 0 atom stereocenters. The summed E-state index contributed by atoms with van der Waals surface area (Å²) < 4.78 is 13.4. The minimum atomic E-state index is -1.26. The van der Waals surface area contributed by atoms with Gasteiger partial charge in [0, 0.05) is 86.5 Å². The minimum Gasteiger partial charge on any atom is -0.495 e. The van der Waals surface area contributed by atoms with Crippen molar-refractivity contribution in [2.45, 2.75) is 44.4 Å². The zero-order chi connectivity index (χ0) is 48.8. The quantitative estimate of drug-likeness (QED) is 0.0866. The number of carboxylic acid groups (broad SMARTS) is 6. The molecule has 2 aliphatic rings. The third-order valence-electron chi connectivity index (χ3n) is 9.82. The second-order valence-electron chi connectivity index (χ2n) is 14.3. The normalized spacial score (nSPS) is 16.2. The largest absolute Gasteiger partial charge is 0.495 e. The number of methoxy groups -OCH3 is 1. The molecule has 0 spiro atoms. The van der Waals surface area contributed by atoms with Crippen LogP contribution < -0.4 is 15.8 Å². The van der Waals surface area contributed by atoms with Crippen LogP contribution in [0.5, 0.6) is 5.75 Å². The van der Waals surface area contributed by atoms with E-state index in [4.69, 9.17) is 45.8 Å². The molecule has 352 valence electrons. The SMILES string of the molecule is COc1cc(-c2cn(C3CCC(N4CCN(C)CC4)CC3)c3ncnc(N)c23)ccc1NC(=O)OCc1ccccc1.O=C(O)/C=C\C(=O)O.O=C(O)/C=C\C(=O)O.O=C(O)/C=C\C(=O)O. The molecule has 2 aromatic carbocycles. The number of hydrogen-bond donors (Lipinski definition) is 8. The summed E-state index contributed by atoms with van der Waals surface area (Å²) >= 11 is 0. The second kappa shape index (κ2) is 26.5. The van der Waals surface area contributed by atoms with Crippen LogP contribution in [0.25, 0.3) is 22.2 Å². The maximum Gasteiger partial charge on any atom is 0.412 e. The Kier molecular flexibility index (Phi) is 21.0. The molecule has 1 saturated carbocycles. The second-order valence-corrected chi connectivity index (χ2v) is 14.3. The molecule has 6 rings (SSSR count). The number of piperazine rings is 1. The van der Waals surface area contributed by atoms with Crippen LogP contribution in [0.3, 0.4) is 0 Å². The molecular formula is C44H51N7O15. The number of aromatic nitrogens is 3. The van der Waals surface area contributed by atoms with Gasteiger partial charge in [0.2, 0.25) is 0 Å². The van der Waals surface area contributed by atoms with Gasteiger partial charge in [-0.15, -0.1) is 0 Å². The Labute approximate surface area is 377 Å². The Balaban J connectivity index is 0.000000394. The number of fused-ring (bicyclic) bond motifs is 1. The molecule has 1 aliphatic carbocycles. The van der Waals surface area contributed by atoms with Gasteiger partial charge in [-0.3, -0.25) is 10.2 Å². The Morgan fingerprint density at radius 3 is 1.70 bits per heavy atom. The summed E-state index contributed by atoms with van der Waals surface area (Å²) in [6, 6.07) is 16.2. The minimum absolute atomic E-state index is 0.184. The van der Waals surface area contributed by atoms with Crippen molar-refractivity contribution in [3.05, 3.63) is 103 Å². The van der Waals surface area contributed by atoms with E-state index < -0.39 is 41.9 Å². The van der Waals surface area contributed by atoms with Crippen LogP contribution in [-0.4, -0.2) is 143 Å². The number of ether oxygens (including phenoxy) is 2. The molecule has 0 bridgehead atoms. The Morgan fingerprint density at radius 2 is 1.21 bits per heavy atom. The molecule has 2 fully saturated rings. The maximum absolute atomic E-state index is 12.5. The summed E-state index contributed by atoms with van der Waals surface area (Å²) in [7, 11) is 3.79. The smallest absolute Gasteiger partial charge is 0.412 e. The third-order valence-corrected chi connectivity index (χ3v) is 9.82. The van der Waals surface area contributed by atoms with Crippen LogP contribution >= 0.6 is 0 Å². The lowest BCUT2D eigenvalue weighted by Crippen LogP contribution is -2.49. The number of rotatable bonds is 13. The number of nitrogens with one attached hydrogen (secondary N) is 1. The van der Waals surface area contributed by atoms with E-state index in [2.05, 4.69) is 42.9 Å². The molecule has 22 nitrogen and oxygen atoms in total. The Hall–Kier alpha value is -8.11. The zero-order valence-electron chi connectivity index (χ0n) is 35.9. The number of hydrogen-bond acceptors (Lipinski definition) is 14. The molecule has 0 unspecified atom stereocenters. The monoisotopic (exact) mass is 917 g/mol. The van der Waals surface area contributed by atoms with E-state index in [1.54, 1.807) is 13.4 Å². The topological polar surface area (TPSA) is 335 Å². The predicted octanol–water partition coefficient (Wildman–Crippen LogP) is 4.30. The van der Waals surface area contributed by atoms with Crippen molar-refractivity contribution in [3.63, 3.8) is 0 Å². The van der Waals surface area contributed by atoms with Crippen molar-refractivity contribution >= 4 is 64.4 Å². The van der Waals surface area contributed by atoms with Gasteiger partial charge in [0.05, 0.1) is 18.2 Å². The van der Waals surface area contributed by atoms with Crippen LogP contribution in [0.15, 0.2) is 97.5 Å². The number of nitrogens with zero attached hydrogens (tertiary/aromatic N) is 5. The number of nitrogens with two attached hydrogens (primary N) is 1. The maximum atomic E-state index is 12.5. The summed E-state index contributed by atoms with van der Waals surface area (Å²) in [5.41, 5.74) is 10.6. The number of aliphatic carboxylic acids is 6. The van der Waals surface area contributed by atoms with Gasteiger partial charge in [-0.25, -0.2) is 43.5 Å². The van der Waals surface area contributed by atoms with Crippen LogP contribution in [0.4, 0.5) is 16.3 Å². The van der Waals surface area contributed by atoms with E-state index >= 15 is 0 Å². The summed E-state index contributed by atoms with van der Waals surface area (Å²) in [6.07, 6.45) is 11.1. The van der Waals surface area contributed by atoms with Crippen molar-refractivity contribution in [2.24, 2.45) is 0 Å². The fourth-order valence-corrected chi connectivity index (χ4v) is 6.75. The number of nitrogen functional groups attached to an aromatic ring is 1. The fourth-order valence-electron chi connectivity index (χ4n) is 6.75. The molecule has 66 heavy (non-hydrogen) atoms. The number of carbonyl (C=O) groups excluding carboxylic acids is 1. The Bertz CT molecular complexity index is 2270. The van der Waals surface area contributed by atoms with Crippen LogP contribution in [0, 0.1) is 0 Å². The first-order valence-corrected chi connectivity index (χ1v) is 20.0. The number of carbonyl (C=O) groups is 7. The van der Waals surface area contributed by atoms with Gasteiger partial charge in [-0.1, -0.05) is 36.4 Å². The highest BCUT2D eigenvalue weighted by Crippen LogP contribution is 2.40. The molecule has 22 heteroatoms. The first kappa shape index (κ1) is 52.2. The van der Waals surface area contributed by atoms with E-state index in [-0.39, 0.29) is 6.61 Å². The van der Waals surface area contributed by atoms with Gasteiger partial charge in [0.25, 0.3) is 0 Å². The molecule has 3 heterocycles. The zero-order valence-corrected chi connectivity index (χ0v) is 35.9. The molecule has 9 N–H and O–H groups in total. The number of likely N-dealkylation sites (N-methyl/N-ethyl adjacent to an activating group) is 1. The highest BCUT2D eigenvalue weighted by molar-refractivity contribution is 6.01. The third kappa shape index (κ3) is 17.9. The Morgan fingerprint density at radius 1 is 0.712 bits per heavy atom. The van der Waals surface area contributed by atoms with Gasteiger partial charge < -0.3 is 55.3 Å². The molecular weight excluding hydrogens is 867 g/mol. The van der Waals surface area contributed by atoms with E-state index in [0.717, 1.165) is 66.7 Å². The lowest BCUT2D eigenvalue weighted by Gasteiger charge is -2.41. The van der Waals surface area contributed by atoms with Crippen molar-refractivity contribution < 1.29 is 73.7 Å². The lowest BCUT2D eigenvalue weighted by molar-refractivity contribution is -0.134. The number of benzene rings is 2. The van der Waals surface area contributed by atoms with E-state index in [9.17, 15) is 33.6 Å². The van der Waals surface area contributed by atoms with Gasteiger partial charge >= 0.3 is 41.9 Å². The molecule has 1 amide bonds. The average molecular weight is 918 g/mol. The van der Waals surface area contributed by atoms with Gasteiger partial charge in [-0.2, -0.15) is 0 Å². The van der Waals surface area contributed by atoms with Gasteiger partial charge in [-0.05, 0) is 56.0 Å². The lowest BCUT2D eigenvalue weighted by atomic mass is 9.89. The summed E-state index contributed by atoms with van der Waals surface area (Å²) in [4.78, 5) is 83.9. The standard InChI is InChI=1S/C32H39N7O3.3C4H4O4/c1-37-14-16-38(17-15-37)24-9-11-25(12-10-24)39-19-26(29-30(33)34-21-35-31(29)39)23-8-13-27(28(18-23)41-2)36-32(40)42-20-22-6-4-3-5-7-22;3*5-3(6)1-2-4(7)8/h3-8,13,18-19,21,24-25H,9-12,14-17,20H2,1-2H3,(H,36,40)(H2,33,34,35);3*1-2H,(H,5,6)(H,7,8)/b;3*2-1-.